The van der Waals surface area contributed by atoms with Crippen molar-refractivity contribution in [3.8, 4) is 0 Å². The quantitative estimate of drug-likeness (QED) is 0.615. The molecule has 0 aromatic carbocycles. The fourth-order valence-electron chi connectivity index (χ4n) is 3.52. The van der Waals surface area contributed by atoms with Crippen LogP contribution in [-0.4, -0.2) is 5.78 Å². The molecule has 2 heteroatoms. The molecular weight excluding hydrogens is 232 g/mol. The number of halogens is 1. The summed E-state index contributed by atoms with van der Waals surface area (Å²) < 4.78 is 0. The van der Waals surface area contributed by atoms with Crippen LogP contribution in [0.25, 0.3) is 0 Å². The van der Waals surface area contributed by atoms with E-state index in [-0.39, 0.29) is 16.6 Å². The Morgan fingerprint density at radius 3 is 2.41 bits per heavy atom. The van der Waals surface area contributed by atoms with Crippen molar-refractivity contribution in [2.45, 2.75) is 53.4 Å². The van der Waals surface area contributed by atoms with Crippen LogP contribution in [0.15, 0.2) is 22.3 Å². The molecule has 2 rings (SSSR count). The molecule has 0 saturated carbocycles. The molecule has 1 atom stereocenters. The summed E-state index contributed by atoms with van der Waals surface area (Å²) in [4.78, 5) is 11.7. The molecule has 0 amide bonds. The maximum Gasteiger partial charge on any atom is 0.156 e. The zero-order chi connectivity index (χ0) is 12.8. The Morgan fingerprint density at radius 2 is 1.88 bits per heavy atom. The summed E-state index contributed by atoms with van der Waals surface area (Å²) in [5.41, 5.74) is 2.66. The molecule has 0 aromatic rings. The highest BCUT2D eigenvalue weighted by atomic mass is 35.5. The van der Waals surface area contributed by atoms with Gasteiger partial charge in [0.15, 0.2) is 5.78 Å². The first-order valence-corrected chi connectivity index (χ1v) is 6.72. The second kappa shape index (κ2) is 3.98. The van der Waals surface area contributed by atoms with E-state index in [0.717, 1.165) is 24.3 Å². The number of hydrogen-bond donors (Lipinski definition) is 0. The topological polar surface area (TPSA) is 17.1 Å². The molecule has 2 aliphatic carbocycles. The highest BCUT2D eigenvalue weighted by Gasteiger charge is 2.50. The van der Waals surface area contributed by atoms with Gasteiger partial charge in [0.25, 0.3) is 0 Å². The Kier molecular flexibility index (Phi) is 3.02. The van der Waals surface area contributed by atoms with E-state index in [1.807, 2.05) is 6.08 Å². The van der Waals surface area contributed by atoms with Gasteiger partial charge in [-0.3, -0.25) is 4.79 Å². The van der Waals surface area contributed by atoms with Crippen molar-refractivity contribution < 1.29 is 4.79 Å². The summed E-state index contributed by atoms with van der Waals surface area (Å²) in [5.74, 6) is 0.264. The van der Waals surface area contributed by atoms with Crippen molar-refractivity contribution in [1.82, 2.24) is 0 Å². The van der Waals surface area contributed by atoms with Gasteiger partial charge in [-0.1, -0.05) is 36.6 Å². The van der Waals surface area contributed by atoms with Crippen LogP contribution >= 0.6 is 11.6 Å². The first-order valence-electron chi connectivity index (χ1n) is 6.34. The van der Waals surface area contributed by atoms with Gasteiger partial charge in [0.2, 0.25) is 0 Å². The lowest BCUT2D eigenvalue weighted by atomic mass is 9.52. The molecule has 94 valence electrons. The molecule has 0 heterocycles. The van der Waals surface area contributed by atoms with Crippen LogP contribution in [0.5, 0.6) is 0 Å². The zero-order valence-electron chi connectivity index (χ0n) is 11.2. The summed E-state index contributed by atoms with van der Waals surface area (Å²) >= 11 is 6.39. The second-order valence-electron chi connectivity index (χ2n) is 6.30. The van der Waals surface area contributed by atoms with Crippen LogP contribution in [0.2, 0.25) is 0 Å². The third-order valence-electron chi connectivity index (χ3n) is 4.89. The first-order chi connectivity index (χ1) is 7.78. The fraction of sp³-hybridized carbons (Fsp3) is 0.667. The van der Waals surface area contributed by atoms with Crippen molar-refractivity contribution in [2.24, 2.45) is 10.8 Å². The van der Waals surface area contributed by atoms with Gasteiger partial charge in [-0.05, 0) is 44.6 Å². The lowest BCUT2D eigenvalue weighted by Gasteiger charge is -2.52. The van der Waals surface area contributed by atoms with Gasteiger partial charge in [-0.15, -0.1) is 0 Å². The number of ketones is 1. The second-order valence-corrected chi connectivity index (χ2v) is 6.75. The van der Waals surface area contributed by atoms with Gasteiger partial charge in [-0.25, -0.2) is 0 Å². The summed E-state index contributed by atoms with van der Waals surface area (Å²) in [6.45, 7) is 8.65. The Balaban J connectivity index is 2.49. The lowest BCUT2D eigenvalue weighted by molar-refractivity contribution is -0.119. The van der Waals surface area contributed by atoms with Crippen LogP contribution in [0.1, 0.15) is 53.4 Å². The highest BCUT2D eigenvalue weighted by molar-refractivity contribution is 6.30. The molecule has 0 saturated heterocycles. The smallest absolute Gasteiger partial charge is 0.156 e. The Hall–Kier alpha value is -0.560. The summed E-state index contributed by atoms with van der Waals surface area (Å²) in [5, 5.41) is 1.01. The minimum Gasteiger partial charge on any atom is -0.295 e. The van der Waals surface area contributed by atoms with Crippen molar-refractivity contribution in [1.29, 1.82) is 0 Å². The van der Waals surface area contributed by atoms with E-state index >= 15 is 0 Å². The fourth-order valence-corrected chi connectivity index (χ4v) is 3.85. The lowest BCUT2D eigenvalue weighted by Crippen LogP contribution is -2.44. The van der Waals surface area contributed by atoms with Crippen LogP contribution in [0.3, 0.4) is 0 Å². The molecule has 0 aliphatic heterocycles. The molecule has 17 heavy (non-hydrogen) atoms. The monoisotopic (exact) mass is 252 g/mol. The molecule has 0 unspecified atom stereocenters. The standard InChI is InChI=1S/C15H21ClO/c1-10-5-6-15(9-13(10)16)11(2)7-12(17)8-14(15,3)4/h7H,5-6,8-9H2,1-4H3/t15-/m1/s1. The average molecular weight is 253 g/mol. The van der Waals surface area contributed by atoms with E-state index in [1.54, 1.807) is 0 Å². The number of rotatable bonds is 0. The van der Waals surface area contributed by atoms with Crippen LogP contribution in [-0.2, 0) is 4.79 Å². The Labute approximate surface area is 109 Å². The van der Waals surface area contributed by atoms with Gasteiger partial charge in [-0.2, -0.15) is 0 Å². The molecule has 0 bridgehead atoms. The normalized spacial score (nSPS) is 33.0. The van der Waals surface area contributed by atoms with E-state index in [9.17, 15) is 4.79 Å². The van der Waals surface area contributed by atoms with E-state index in [2.05, 4.69) is 27.7 Å². The molecule has 2 aliphatic rings. The minimum absolute atomic E-state index is 0.0176. The SMILES string of the molecule is CC1=CC(=O)CC(C)(C)[C@@]12CCC(C)=C(Cl)C2. The van der Waals surface area contributed by atoms with Gasteiger partial charge in [0.05, 0.1) is 0 Å². The molecule has 1 spiro atoms. The predicted molar refractivity (Wildman–Crippen MR) is 72.0 cm³/mol. The van der Waals surface area contributed by atoms with Gasteiger partial charge in [0.1, 0.15) is 0 Å². The number of carbonyl (C=O) groups excluding carboxylic acids is 1. The minimum atomic E-state index is 0.0176. The van der Waals surface area contributed by atoms with Crippen LogP contribution in [0.4, 0.5) is 0 Å². The predicted octanol–water partition coefficient (Wildman–Crippen LogP) is 4.61. The van der Waals surface area contributed by atoms with Crippen molar-refractivity contribution >= 4 is 17.4 Å². The third kappa shape index (κ3) is 1.89. The Bertz CT molecular complexity index is 428. The number of allylic oxidation sites excluding steroid dienone is 4. The van der Waals surface area contributed by atoms with E-state index in [1.165, 1.54) is 11.1 Å². The summed E-state index contributed by atoms with van der Waals surface area (Å²) in [6.07, 6.45) is 5.58. The number of carbonyl (C=O) groups is 1. The third-order valence-corrected chi connectivity index (χ3v) is 5.35. The highest BCUT2D eigenvalue weighted by Crippen LogP contribution is 2.59. The zero-order valence-corrected chi connectivity index (χ0v) is 11.9. The van der Waals surface area contributed by atoms with Crippen LogP contribution in [0, 0.1) is 10.8 Å². The molecule has 1 nitrogen and oxygen atoms in total. The molecule has 0 N–H and O–H groups in total. The van der Waals surface area contributed by atoms with Gasteiger partial charge < -0.3 is 0 Å². The molecule has 0 aromatic heterocycles. The van der Waals surface area contributed by atoms with E-state index < -0.39 is 0 Å². The van der Waals surface area contributed by atoms with Crippen LogP contribution < -0.4 is 0 Å². The molecule has 0 radical (unpaired) electrons. The van der Waals surface area contributed by atoms with Crippen molar-refractivity contribution in [3.63, 3.8) is 0 Å². The summed E-state index contributed by atoms with van der Waals surface area (Å²) in [6, 6.07) is 0. The van der Waals surface area contributed by atoms with Gasteiger partial charge in [0, 0.05) is 16.9 Å². The maximum atomic E-state index is 11.7. The maximum absolute atomic E-state index is 11.7. The van der Waals surface area contributed by atoms with E-state index in [4.69, 9.17) is 11.6 Å². The van der Waals surface area contributed by atoms with Gasteiger partial charge >= 0.3 is 0 Å². The van der Waals surface area contributed by atoms with E-state index in [0.29, 0.717) is 6.42 Å². The summed E-state index contributed by atoms with van der Waals surface area (Å²) in [7, 11) is 0. The van der Waals surface area contributed by atoms with Crippen molar-refractivity contribution in [2.75, 3.05) is 0 Å². The largest absolute Gasteiger partial charge is 0.295 e. The molecular formula is C15H21ClO. The van der Waals surface area contributed by atoms with Crippen molar-refractivity contribution in [3.05, 3.63) is 22.3 Å². The first kappa shape index (κ1) is 12.9. The Morgan fingerprint density at radius 1 is 1.24 bits per heavy atom. The molecule has 0 fully saturated rings. The number of hydrogen-bond acceptors (Lipinski definition) is 1. The average Bonchev–Trinajstić information content (AvgIpc) is 2.19.